The fourth-order valence-electron chi connectivity index (χ4n) is 4.06. The van der Waals surface area contributed by atoms with Gasteiger partial charge in [0.05, 0.1) is 24.5 Å². The van der Waals surface area contributed by atoms with Crippen LogP contribution in [-0.4, -0.2) is 58.0 Å². The van der Waals surface area contributed by atoms with Crippen molar-refractivity contribution in [3.05, 3.63) is 53.6 Å². The molecule has 0 spiro atoms. The zero-order chi connectivity index (χ0) is 29.3. The number of benzene rings is 1. The number of nitrogens with one attached hydrogen (secondary N) is 3. The first-order valence-electron chi connectivity index (χ1n) is 13.4. The molecule has 2 heterocycles. The molecule has 11 nitrogen and oxygen atoms in total. The summed E-state index contributed by atoms with van der Waals surface area (Å²) in [6, 6.07) is 4.10. The Morgan fingerprint density at radius 2 is 1.75 bits per heavy atom. The van der Waals surface area contributed by atoms with E-state index in [-0.39, 0.29) is 37.5 Å². The average molecular weight is 552 g/mol. The molecule has 3 aromatic rings. The molecule has 0 fully saturated rings. The van der Waals surface area contributed by atoms with Crippen LogP contribution in [0.5, 0.6) is 0 Å². The van der Waals surface area contributed by atoms with E-state index in [0.717, 1.165) is 22.2 Å². The minimum atomic E-state index is -1.07. The largest absolute Gasteiger partial charge is 0.466 e. The molecule has 3 N–H and O–H groups in total. The van der Waals surface area contributed by atoms with Crippen LogP contribution < -0.4 is 10.6 Å². The number of aromatic nitrogens is 3. The summed E-state index contributed by atoms with van der Waals surface area (Å²) < 4.78 is 10.1. The molecule has 0 aliphatic rings. The molecule has 2 aromatic heterocycles. The molecule has 214 valence electrons. The highest BCUT2D eigenvalue weighted by atomic mass is 16.5. The van der Waals surface area contributed by atoms with Gasteiger partial charge in [0.15, 0.2) is 0 Å². The lowest BCUT2D eigenvalue weighted by atomic mass is 9.94. The molecule has 2 amide bonds. The summed E-state index contributed by atoms with van der Waals surface area (Å²) in [5.41, 5.74) is 2.32. The summed E-state index contributed by atoms with van der Waals surface area (Å²) in [6.07, 6.45) is 6.13. The fourth-order valence-corrected chi connectivity index (χ4v) is 4.06. The number of H-pyrrole nitrogens is 1. The predicted octanol–water partition coefficient (Wildman–Crippen LogP) is 3.73. The third-order valence-electron chi connectivity index (χ3n) is 6.24. The highest BCUT2D eigenvalue weighted by molar-refractivity contribution is 6.06. The molecular weight excluding hydrogens is 514 g/mol. The number of nitrogens with zero attached hydrogens (tertiary/aromatic N) is 2. The van der Waals surface area contributed by atoms with E-state index in [4.69, 9.17) is 9.47 Å². The van der Waals surface area contributed by atoms with E-state index in [1.807, 2.05) is 12.3 Å². The van der Waals surface area contributed by atoms with Gasteiger partial charge < -0.3 is 25.1 Å². The van der Waals surface area contributed by atoms with E-state index in [9.17, 15) is 19.2 Å². The second-order valence-corrected chi connectivity index (χ2v) is 10.3. The normalized spacial score (nSPS) is 12.0. The summed E-state index contributed by atoms with van der Waals surface area (Å²) in [7, 11) is 0. The van der Waals surface area contributed by atoms with Gasteiger partial charge in [0.25, 0.3) is 5.91 Å². The van der Waals surface area contributed by atoms with Crippen molar-refractivity contribution in [2.45, 2.75) is 66.3 Å². The van der Waals surface area contributed by atoms with E-state index in [1.54, 1.807) is 52.9 Å². The number of ether oxygens (including phenoxy) is 2. The summed E-state index contributed by atoms with van der Waals surface area (Å²) >= 11 is 0. The van der Waals surface area contributed by atoms with Crippen molar-refractivity contribution in [3.63, 3.8) is 0 Å². The molecule has 0 unspecified atom stereocenters. The molecule has 40 heavy (non-hydrogen) atoms. The number of rotatable bonds is 12. The van der Waals surface area contributed by atoms with Crippen molar-refractivity contribution in [2.24, 2.45) is 5.41 Å². The molecule has 1 atom stereocenters. The maximum Gasteiger partial charge on any atom is 0.328 e. The van der Waals surface area contributed by atoms with Crippen LogP contribution in [0.2, 0.25) is 0 Å². The molecule has 3 rings (SSSR count). The molecule has 0 aliphatic heterocycles. The van der Waals surface area contributed by atoms with Crippen LogP contribution in [0.25, 0.3) is 11.0 Å². The molecule has 0 radical (unpaired) electrons. The van der Waals surface area contributed by atoms with Crippen LogP contribution in [0.1, 0.15) is 68.9 Å². The topological polar surface area (TPSA) is 152 Å². The Hall–Kier alpha value is -4.28. The van der Waals surface area contributed by atoms with Crippen molar-refractivity contribution >= 4 is 40.5 Å². The first-order chi connectivity index (χ1) is 19.0. The van der Waals surface area contributed by atoms with Crippen LogP contribution in [-0.2, 0) is 36.7 Å². The van der Waals surface area contributed by atoms with Gasteiger partial charge in [-0.15, -0.1) is 0 Å². The van der Waals surface area contributed by atoms with Crippen molar-refractivity contribution in [2.75, 3.05) is 18.5 Å². The van der Waals surface area contributed by atoms with E-state index in [0.29, 0.717) is 18.5 Å². The smallest absolute Gasteiger partial charge is 0.328 e. The van der Waals surface area contributed by atoms with Gasteiger partial charge in [-0.3, -0.25) is 14.4 Å². The van der Waals surface area contributed by atoms with E-state index < -0.39 is 29.3 Å². The number of esters is 2. The monoisotopic (exact) mass is 551 g/mol. The molecule has 0 saturated carbocycles. The van der Waals surface area contributed by atoms with Gasteiger partial charge in [-0.05, 0) is 50.3 Å². The number of carbonyl (C=O) groups is 4. The predicted molar refractivity (Wildman–Crippen MR) is 150 cm³/mol. The number of fused-ring (bicyclic) bond motifs is 1. The molecular formula is C29H37N5O6. The molecule has 0 bridgehead atoms. The van der Waals surface area contributed by atoms with E-state index in [1.165, 1.54) is 6.33 Å². The number of para-hydroxylation sites is 1. The molecule has 0 aliphatic carbocycles. The molecule has 11 heteroatoms. The zero-order valence-corrected chi connectivity index (χ0v) is 23.6. The first-order valence-corrected chi connectivity index (χ1v) is 13.4. The summed E-state index contributed by atoms with van der Waals surface area (Å²) in [6.45, 7) is 9.02. The Balaban J connectivity index is 1.90. The number of aromatic amines is 1. The second kappa shape index (κ2) is 13.7. The Kier molecular flexibility index (Phi) is 10.4. The number of carbonyl (C=O) groups excluding carboxylic acids is 4. The van der Waals surface area contributed by atoms with Crippen LogP contribution in [0.3, 0.4) is 0 Å². The minimum absolute atomic E-state index is 0.00934. The third kappa shape index (κ3) is 7.87. The summed E-state index contributed by atoms with van der Waals surface area (Å²) in [5, 5.41) is 6.53. The summed E-state index contributed by atoms with van der Waals surface area (Å²) in [4.78, 5) is 62.5. The summed E-state index contributed by atoms with van der Waals surface area (Å²) in [5.74, 6) is -1.97. The third-order valence-corrected chi connectivity index (χ3v) is 6.24. The lowest BCUT2D eigenvalue weighted by Gasteiger charge is -2.23. The second-order valence-electron chi connectivity index (χ2n) is 10.3. The average Bonchev–Trinajstić information content (AvgIpc) is 3.33. The van der Waals surface area contributed by atoms with E-state index in [2.05, 4.69) is 25.6 Å². The van der Waals surface area contributed by atoms with Gasteiger partial charge in [0.2, 0.25) is 5.91 Å². The number of anilines is 1. The van der Waals surface area contributed by atoms with Crippen molar-refractivity contribution in [3.8, 4) is 0 Å². The van der Waals surface area contributed by atoms with Gasteiger partial charge in [-0.2, -0.15) is 0 Å². The number of aryl methyl sites for hydroxylation is 2. The highest BCUT2D eigenvalue weighted by Gasteiger charge is 2.28. The highest BCUT2D eigenvalue weighted by Crippen LogP contribution is 2.27. The van der Waals surface area contributed by atoms with Gasteiger partial charge in [0.1, 0.15) is 18.0 Å². The molecule has 1 aromatic carbocycles. The molecule has 0 saturated heterocycles. The van der Waals surface area contributed by atoms with Gasteiger partial charge in [-0.25, -0.2) is 14.8 Å². The fraction of sp³-hybridized carbons (Fsp3) is 0.448. The van der Waals surface area contributed by atoms with Crippen molar-refractivity contribution < 1.29 is 28.7 Å². The van der Waals surface area contributed by atoms with Gasteiger partial charge >= 0.3 is 11.9 Å². The Morgan fingerprint density at radius 1 is 1.02 bits per heavy atom. The maximum atomic E-state index is 13.5. The lowest BCUT2D eigenvalue weighted by molar-refractivity contribution is -0.146. The lowest BCUT2D eigenvalue weighted by Crippen LogP contribution is -2.42. The Labute approximate surface area is 233 Å². The first kappa shape index (κ1) is 30.3. The SMILES string of the molecule is CCOC(=O)CC[C@H](NC(=O)c1cccc(CCc2c[nH]c3ncncc23)c1NC(=O)C(C)(C)C)C(=O)OCC. The number of amides is 2. The van der Waals surface area contributed by atoms with E-state index >= 15 is 0 Å². The van der Waals surface area contributed by atoms with Crippen LogP contribution >= 0.6 is 0 Å². The van der Waals surface area contributed by atoms with Crippen LogP contribution in [0.4, 0.5) is 5.69 Å². The minimum Gasteiger partial charge on any atom is -0.466 e. The number of hydrogen-bond acceptors (Lipinski definition) is 8. The Morgan fingerprint density at radius 3 is 2.45 bits per heavy atom. The van der Waals surface area contributed by atoms with Gasteiger partial charge in [0, 0.05) is 29.6 Å². The van der Waals surface area contributed by atoms with Crippen molar-refractivity contribution in [1.29, 1.82) is 0 Å². The maximum absolute atomic E-state index is 13.5. The van der Waals surface area contributed by atoms with Gasteiger partial charge in [-0.1, -0.05) is 32.9 Å². The Bertz CT molecular complexity index is 1360. The zero-order valence-electron chi connectivity index (χ0n) is 23.6. The standard InChI is InChI=1S/C29H37N5O6/c1-6-39-23(35)14-13-22(27(37)40-7-2)33-26(36)20-10-8-9-18(24(20)34-28(38)29(3,4)5)11-12-19-15-31-25-21(19)16-30-17-32-25/h8-10,15-17,22H,6-7,11-14H2,1-5H3,(H,33,36)(H,34,38)(H,30,31,32)/t22-/m0/s1. The van der Waals surface area contributed by atoms with Crippen LogP contribution in [0.15, 0.2) is 36.9 Å². The van der Waals surface area contributed by atoms with Crippen LogP contribution in [0, 0.1) is 5.41 Å². The van der Waals surface area contributed by atoms with Crippen molar-refractivity contribution in [1.82, 2.24) is 20.3 Å². The number of hydrogen-bond donors (Lipinski definition) is 3. The quantitative estimate of drug-likeness (QED) is 0.288.